The van der Waals surface area contributed by atoms with E-state index in [-0.39, 0.29) is 11.4 Å². The molecule has 0 bridgehead atoms. The summed E-state index contributed by atoms with van der Waals surface area (Å²) in [4.78, 5) is 5.15. The number of hydrogen-bond donors (Lipinski definition) is 1. The average molecular weight is 382 g/mol. The Morgan fingerprint density at radius 1 is 1.47 bits per heavy atom. The molecule has 1 aromatic heterocycles. The summed E-state index contributed by atoms with van der Waals surface area (Å²) in [7, 11) is -3.55. The molecular formula is C11H10BrClN2O2S2. The summed E-state index contributed by atoms with van der Waals surface area (Å²) in [6.45, 7) is 2.08. The van der Waals surface area contributed by atoms with E-state index >= 15 is 0 Å². The van der Waals surface area contributed by atoms with Crippen molar-refractivity contribution in [2.75, 3.05) is 0 Å². The molecule has 0 aliphatic heterocycles. The van der Waals surface area contributed by atoms with Crippen LogP contribution in [0.25, 0.3) is 0 Å². The van der Waals surface area contributed by atoms with Gasteiger partial charge in [-0.2, -0.15) is 0 Å². The summed E-state index contributed by atoms with van der Waals surface area (Å²) in [6, 6.07) is 4.48. The average Bonchev–Trinajstić information content (AvgIpc) is 2.76. The first-order valence-corrected chi connectivity index (χ1v) is 8.77. The van der Waals surface area contributed by atoms with Gasteiger partial charge in [-0.1, -0.05) is 11.6 Å². The van der Waals surface area contributed by atoms with Crippen LogP contribution in [-0.4, -0.2) is 13.4 Å². The van der Waals surface area contributed by atoms with Crippen molar-refractivity contribution in [3.05, 3.63) is 43.8 Å². The first-order chi connectivity index (χ1) is 8.90. The van der Waals surface area contributed by atoms with Gasteiger partial charge in [0.15, 0.2) is 0 Å². The Morgan fingerprint density at radius 3 is 2.79 bits per heavy atom. The fraction of sp³-hybridized carbons (Fsp3) is 0.182. The van der Waals surface area contributed by atoms with Gasteiger partial charge in [-0.15, -0.1) is 11.3 Å². The molecule has 4 nitrogen and oxygen atoms in total. The molecule has 102 valence electrons. The third-order valence-electron chi connectivity index (χ3n) is 2.47. The number of benzene rings is 1. The van der Waals surface area contributed by atoms with Crippen molar-refractivity contribution >= 4 is 48.9 Å². The first-order valence-electron chi connectivity index (χ1n) is 5.24. The van der Waals surface area contributed by atoms with E-state index in [2.05, 4.69) is 25.6 Å². The smallest absolute Gasteiger partial charge is 0.240 e. The van der Waals surface area contributed by atoms with E-state index in [1.807, 2.05) is 6.92 Å². The molecule has 0 radical (unpaired) electrons. The third-order valence-corrected chi connectivity index (χ3v) is 6.02. The number of thiazole rings is 1. The summed E-state index contributed by atoms with van der Waals surface area (Å²) < 4.78 is 27.3. The summed E-state index contributed by atoms with van der Waals surface area (Å²) in [5.41, 5.74) is 2.53. The quantitative estimate of drug-likeness (QED) is 0.883. The van der Waals surface area contributed by atoms with E-state index in [1.54, 1.807) is 5.51 Å². The van der Waals surface area contributed by atoms with Crippen molar-refractivity contribution < 1.29 is 8.42 Å². The lowest BCUT2D eigenvalue weighted by molar-refractivity contribution is 0.581. The molecule has 0 aliphatic rings. The highest BCUT2D eigenvalue weighted by atomic mass is 79.9. The maximum atomic E-state index is 12.1. The SMILES string of the molecule is Cc1ncsc1CNS(=O)(=O)c1ccc(Cl)c(Br)c1. The highest BCUT2D eigenvalue weighted by molar-refractivity contribution is 9.10. The van der Waals surface area contributed by atoms with Crippen LogP contribution in [0.3, 0.4) is 0 Å². The number of nitrogens with one attached hydrogen (secondary N) is 1. The number of aromatic nitrogens is 1. The Balaban J connectivity index is 2.18. The number of rotatable bonds is 4. The van der Waals surface area contributed by atoms with Crippen molar-refractivity contribution in [3.63, 3.8) is 0 Å². The van der Waals surface area contributed by atoms with Gasteiger partial charge in [0, 0.05) is 15.9 Å². The molecule has 0 saturated carbocycles. The van der Waals surface area contributed by atoms with Gasteiger partial charge in [0.25, 0.3) is 0 Å². The Morgan fingerprint density at radius 2 is 2.21 bits per heavy atom. The van der Waals surface area contributed by atoms with Crippen LogP contribution < -0.4 is 4.72 Å². The third kappa shape index (κ3) is 3.55. The molecule has 1 aromatic carbocycles. The zero-order valence-electron chi connectivity index (χ0n) is 9.85. The largest absolute Gasteiger partial charge is 0.250 e. The second-order valence-electron chi connectivity index (χ2n) is 3.76. The van der Waals surface area contributed by atoms with Crippen molar-refractivity contribution in [1.82, 2.24) is 9.71 Å². The fourth-order valence-electron chi connectivity index (χ4n) is 1.38. The monoisotopic (exact) mass is 380 g/mol. The van der Waals surface area contributed by atoms with Crippen molar-refractivity contribution in [2.45, 2.75) is 18.4 Å². The van der Waals surface area contributed by atoms with Crippen LogP contribution in [0.5, 0.6) is 0 Å². The van der Waals surface area contributed by atoms with Gasteiger partial charge < -0.3 is 0 Å². The maximum Gasteiger partial charge on any atom is 0.240 e. The minimum absolute atomic E-state index is 0.172. The van der Waals surface area contributed by atoms with E-state index in [9.17, 15) is 8.42 Å². The molecule has 0 atom stereocenters. The van der Waals surface area contributed by atoms with Crippen LogP contribution >= 0.6 is 38.9 Å². The molecule has 0 saturated heterocycles. The summed E-state index contributed by atoms with van der Waals surface area (Å²) in [6.07, 6.45) is 0. The van der Waals surface area contributed by atoms with Gasteiger partial charge in [-0.25, -0.2) is 18.1 Å². The molecule has 0 spiro atoms. The molecule has 2 aromatic rings. The number of sulfonamides is 1. The van der Waals surface area contributed by atoms with Crippen molar-refractivity contribution in [3.8, 4) is 0 Å². The Kier molecular flexibility index (Phi) is 4.62. The highest BCUT2D eigenvalue weighted by Crippen LogP contribution is 2.25. The van der Waals surface area contributed by atoms with Crippen molar-refractivity contribution in [1.29, 1.82) is 0 Å². The molecule has 0 unspecified atom stereocenters. The lowest BCUT2D eigenvalue weighted by Gasteiger charge is -2.07. The standard InChI is InChI=1S/C11H10BrClN2O2S2/c1-7-11(18-6-14-7)5-15-19(16,17)8-2-3-10(13)9(12)4-8/h2-4,6,15H,5H2,1H3. The summed E-state index contributed by atoms with van der Waals surface area (Å²) in [5.74, 6) is 0. The van der Waals surface area contributed by atoms with E-state index in [4.69, 9.17) is 11.6 Å². The van der Waals surface area contributed by atoms with Gasteiger partial charge in [-0.3, -0.25) is 0 Å². The van der Waals surface area contributed by atoms with Crippen LogP contribution in [0.1, 0.15) is 10.6 Å². The van der Waals surface area contributed by atoms with E-state index in [1.165, 1.54) is 29.5 Å². The zero-order chi connectivity index (χ0) is 14.0. The molecule has 0 fully saturated rings. The zero-order valence-corrected chi connectivity index (χ0v) is 13.8. The number of nitrogens with zero attached hydrogens (tertiary/aromatic N) is 1. The van der Waals surface area contributed by atoms with Gasteiger partial charge in [0.05, 0.1) is 21.1 Å². The minimum Gasteiger partial charge on any atom is -0.250 e. The predicted molar refractivity (Wildman–Crippen MR) is 80.0 cm³/mol. The fourth-order valence-corrected chi connectivity index (χ4v) is 3.86. The van der Waals surface area contributed by atoms with Crippen LogP contribution in [0, 0.1) is 6.92 Å². The van der Waals surface area contributed by atoms with Gasteiger partial charge in [0.2, 0.25) is 10.0 Å². The maximum absolute atomic E-state index is 12.1. The number of halogens is 2. The molecule has 1 heterocycles. The minimum atomic E-state index is -3.55. The van der Waals surface area contributed by atoms with E-state index in [0.29, 0.717) is 9.50 Å². The molecule has 0 aliphatic carbocycles. The number of hydrogen-bond acceptors (Lipinski definition) is 4. The van der Waals surface area contributed by atoms with Crippen LogP contribution in [0.15, 0.2) is 33.1 Å². The number of aryl methyl sites for hydroxylation is 1. The van der Waals surface area contributed by atoms with Gasteiger partial charge >= 0.3 is 0 Å². The van der Waals surface area contributed by atoms with Crippen LogP contribution in [0.2, 0.25) is 5.02 Å². The summed E-state index contributed by atoms with van der Waals surface area (Å²) >= 11 is 10.5. The van der Waals surface area contributed by atoms with Crippen LogP contribution in [0.4, 0.5) is 0 Å². The molecule has 0 amide bonds. The highest BCUT2D eigenvalue weighted by Gasteiger charge is 2.16. The lowest BCUT2D eigenvalue weighted by Crippen LogP contribution is -2.23. The summed E-state index contributed by atoms with van der Waals surface area (Å²) in [5, 5.41) is 0.470. The van der Waals surface area contributed by atoms with Gasteiger partial charge in [0.1, 0.15) is 0 Å². The topological polar surface area (TPSA) is 59.1 Å². The second-order valence-corrected chi connectivity index (χ2v) is 7.73. The van der Waals surface area contributed by atoms with Gasteiger partial charge in [-0.05, 0) is 41.1 Å². The Labute approximate surface area is 129 Å². The molecule has 19 heavy (non-hydrogen) atoms. The van der Waals surface area contributed by atoms with Crippen molar-refractivity contribution in [2.24, 2.45) is 0 Å². The second kappa shape index (κ2) is 5.88. The van der Waals surface area contributed by atoms with Crippen LogP contribution in [-0.2, 0) is 16.6 Å². The normalized spacial score (nSPS) is 11.7. The molecule has 1 N–H and O–H groups in total. The van der Waals surface area contributed by atoms with E-state index in [0.717, 1.165) is 10.6 Å². The lowest BCUT2D eigenvalue weighted by atomic mass is 10.4. The molecule has 2 rings (SSSR count). The molecule has 8 heteroatoms. The Hall–Kier alpha value is -0.470. The molecular weight excluding hydrogens is 372 g/mol. The Bertz CT molecular complexity index is 700. The predicted octanol–water partition coefficient (Wildman–Crippen LogP) is 3.35. The van der Waals surface area contributed by atoms with E-state index < -0.39 is 10.0 Å². The first kappa shape index (κ1) is 14.9.